The lowest BCUT2D eigenvalue weighted by atomic mass is 10.1. The summed E-state index contributed by atoms with van der Waals surface area (Å²) >= 11 is 0. The van der Waals surface area contributed by atoms with Gasteiger partial charge in [0.25, 0.3) is 0 Å². The number of pyridine rings is 1. The van der Waals surface area contributed by atoms with Crippen molar-refractivity contribution in [1.29, 1.82) is 0 Å². The molecule has 0 fully saturated rings. The van der Waals surface area contributed by atoms with Gasteiger partial charge in [-0.2, -0.15) is 15.7 Å². The SMILES string of the molecule is Cc1ccc2nc(N3CCS(O)(O)c4ccccc4C3)cc(Nc3ccn[nH]3)c2c1. The van der Waals surface area contributed by atoms with Crippen LogP contribution in [0.1, 0.15) is 11.1 Å². The number of aromatic nitrogens is 3. The van der Waals surface area contributed by atoms with Crippen molar-refractivity contribution in [2.75, 3.05) is 22.5 Å². The molecule has 0 aliphatic carbocycles. The molecule has 2 aromatic heterocycles. The second-order valence-electron chi connectivity index (χ2n) is 7.54. The highest BCUT2D eigenvalue weighted by Gasteiger charge is 2.26. The van der Waals surface area contributed by atoms with Crippen LogP contribution in [0.3, 0.4) is 0 Å². The van der Waals surface area contributed by atoms with Crippen molar-refractivity contribution < 1.29 is 9.11 Å². The van der Waals surface area contributed by atoms with Gasteiger partial charge >= 0.3 is 0 Å². The molecule has 0 radical (unpaired) electrons. The minimum atomic E-state index is -2.82. The maximum atomic E-state index is 10.7. The van der Waals surface area contributed by atoms with Gasteiger partial charge in [-0.15, -0.1) is 0 Å². The second kappa shape index (κ2) is 7.32. The number of aromatic amines is 1. The minimum absolute atomic E-state index is 0.279. The molecule has 0 saturated carbocycles. The zero-order chi connectivity index (χ0) is 20.7. The summed E-state index contributed by atoms with van der Waals surface area (Å²) in [6.45, 7) is 3.13. The van der Waals surface area contributed by atoms with Crippen molar-refractivity contribution in [3.8, 4) is 0 Å². The van der Waals surface area contributed by atoms with Crippen LogP contribution < -0.4 is 10.2 Å². The van der Waals surface area contributed by atoms with E-state index < -0.39 is 10.6 Å². The van der Waals surface area contributed by atoms with Crippen molar-refractivity contribution >= 4 is 38.8 Å². The molecule has 5 rings (SSSR count). The molecule has 1 aliphatic rings. The molecule has 0 bridgehead atoms. The molecule has 0 amide bonds. The zero-order valence-electron chi connectivity index (χ0n) is 16.5. The summed E-state index contributed by atoms with van der Waals surface area (Å²) in [6.07, 6.45) is 1.70. The smallest absolute Gasteiger partial charge is 0.131 e. The molecule has 7 nitrogen and oxygen atoms in total. The molecule has 2 aromatic carbocycles. The van der Waals surface area contributed by atoms with Crippen molar-refractivity contribution in [2.45, 2.75) is 18.4 Å². The first-order valence-corrected chi connectivity index (χ1v) is 11.5. The number of hydrogen-bond acceptors (Lipinski definition) is 6. The average molecular weight is 422 g/mol. The predicted molar refractivity (Wildman–Crippen MR) is 122 cm³/mol. The van der Waals surface area contributed by atoms with Crippen LogP contribution in [0.4, 0.5) is 17.3 Å². The predicted octanol–water partition coefficient (Wildman–Crippen LogP) is 5.14. The lowest BCUT2D eigenvalue weighted by Gasteiger charge is -2.32. The van der Waals surface area contributed by atoms with Gasteiger partial charge in [0.15, 0.2) is 0 Å². The van der Waals surface area contributed by atoms with Crippen molar-refractivity contribution in [3.63, 3.8) is 0 Å². The Kier molecular flexibility index (Phi) is 4.62. The van der Waals surface area contributed by atoms with Gasteiger partial charge in [-0.05, 0) is 30.7 Å². The lowest BCUT2D eigenvalue weighted by molar-refractivity contribution is 0.488. The Morgan fingerprint density at radius 2 is 1.97 bits per heavy atom. The molecule has 30 heavy (non-hydrogen) atoms. The molecule has 154 valence electrons. The maximum Gasteiger partial charge on any atom is 0.131 e. The molecule has 4 N–H and O–H groups in total. The Hall–Kier alpha value is -3.07. The number of anilines is 3. The number of rotatable bonds is 3. The standard InChI is InChI=1S/C22H23N5O2S/c1-15-6-7-18-17(12-15)19(24-21-8-9-23-26-21)13-22(25-18)27-10-11-30(28,29)20-5-3-2-4-16(20)14-27/h2-9,12-13,28-29H,10-11,14H2,1H3,(H2,23,24,25,26). The number of aryl methyl sites for hydroxylation is 1. The monoisotopic (exact) mass is 421 g/mol. The van der Waals surface area contributed by atoms with Crippen LogP contribution in [-0.2, 0) is 6.54 Å². The molecular weight excluding hydrogens is 398 g/mol. The van der Waals surface area contributed by atoms with E-state index in [1.54, 1.807) is 6.20 Å². The summed E-state index contributed by atoms with van der Waals surface area (Å²) in [7, 11) is -2.82. The molecule has 3 heterocycles. The van der Waals surface area contributed by atoms with E-state index in [0.29, 0.717) is 18.0 Å². The number of hydrogen-bond donors (Lipinski definition) is 4. The lowest BCUT2D eigenvalue weighted by Crippen LogP contribution is -2.26. The number of H-pyrrole nitrogens is 1. The van der Waals surface area contributed by atoms with Gasteiger partial charge in [0, 0.05) is 30.6 Å². The highest BCUT2D eigenvalue weighted by Crippen LogP contribution is 2.51. The fraction of sp³-hybridized carbons (Fsp3) is 0.182. The van der Waals surface area contributed by atoms with E-state index in [2.05, 4.69) is 33.4 Å². The molecule has 0 unspecified atom stereocenters. The number of nitrogens with one attached hydrogen (secondary N) is 2. The first-order chi connectivity index (χ1) is 14.5. The molecule has 0 atom stereocenters. The molecule has 0 saturated heterocycles. The van der Waals surface area contributed by atoms with E-state index in [1.165, 1.54) is 0 Å². The highest BCUT2D eigenvalue weighted by atomic mass is 32.3. The summed E-state index contributed by atoms with van der Waals surface area (Å²) < 4.78 is 21.3. The molecule has 4 aromatic rings. The number of benzene rings is 2. The first kappa shape index (κ1) is 18.9. The second-order valence-corrected chi connectivity index (χ2v) is 9.73. The van der Waals surface area contributed by atoms with E-state index in [4.69, 9.17) is 4.98 Å². The molecule has 1 aliphatic heterocycles. The van der Waals surface area contributed by atoms with Gasteiger partial charge < -0.3 is 10.2 Å². The maximum absolute atomic E-state index is 10.7. The quantitative estimate of drug-likeness (QED) is 0.366. The summed E-state index contributed by atoms with van der Waals surface area (Å²) in [6, 6.07) is 17.6. The summed E-state index contributed by atoms with van der Waals surface area (Å²) in [5.41, 5.74) is 3.88. The van der Waals surface area contributed by atoms with E-state index in [0.717, 1.165) is 39.4 Å². The fourth-order valence-electron chi connectivity index (χ4n) is 3.84. The van der Waals surface area contributed by atoms with Crippen LogP contribution >= 0.6 is 10.6 Å². The Labute approximate surface area is 176 Å². The normalized spacial score (nSPS) is 16.7. The third-order valence-electron chi connectivity index (χ3n) is 5.38. The van der Waals surface area contributed by atoms with Crippen LogP contribution in [0.15, 0.2) is 65.7 Å². The average Bonchev–Trinajstić information content (AvgIpc) is 3.20. The van der Waals surface area contributed by atoms with E-state index in [9.17, 15) is 9.11 Å². The van der Waals surface area contributed by atoms with Crippen LogP contribution in [0.5, 0.6) is 0 Å². The topological polar surface area (TPSA) is 97.3 Å². The van der Waals surface area contributed by atoms with Crippen LogP contribution in [-0.4, -0.2) is 36.6 Å². The van der Waals surface area contributed by atoms with Crippen LogP contribution in [0.25, 0.3) is 10.9 Å². The summed E-state index contributed by atoms with van der Waals surface area (Å²) in [4.78, 5) is 7.65. The van der Waals surface area contributed by atoms with Crippen molar-refractivity contribution in [3.05, 3.63) is 71.9 Å². The first-order valence-electron chi connectivity index (χ1n) is 9.76. The van der Waals surface area contributed by atoms with Crippen molar-refractivity contribution in [2.24, 2.45) is 0 Å². The van der Waals surface area contributed by atoms with E-state index in [-0.39, 0.29) is 5.75 Å². The minimum Gasteiger partial charge on any atom is -0.351 e. The number of nitrogens with zero attached hydrogens (tertiary/aromatic N) is 3. The Morgan fingerprint density at radius 1 is 1.10 bits per heavy atom. The molecule has 0 spiro atoms. The van der Waals surface area contributed by atoms with Crippen molar-refractivity contribution in [1.82, 2.24) is 15.2 Å². The third-order valence-corrected chi connectivity index (χ3v) is 7.23. The van der Waals surface area contributed by atoms with Crippen LogP contribution in [0.2, 0.25) is 0 Å². The Bertz CT molecular complexity index is 1210. The molecule has 8 heteroatoms. The Morgan fingerprint density at radius 3 is 2.80 bits per heavy atom. The summed E-state index contributed by atoms with van der Waals surface area (Å²) in [5.74, 6) is 1.87. The number of fused-ring (bicyclic) bond motifs is 2. The molecular formula is C22H23N5O2S. The van der Waals surface area contributed by atoms with Gasteiger partial charge in [-0.3, -0.25) is 14.2 Å². The zero-order valence-corrected chi connectivity index (χ0v) is 17.4. The third kappa shape index (κ3) is 3.49. The Balaban J connectivity index is 1.60. The van der Waals surface area contributed by atoms with E-state index in [1.807, 2.05) is 48.5 Å². The van der Waals surface area contributed by atoms with Gasteiger partial charge in [0.2, 0.25) is 0 Å². The van der Waals surface area contributed by atoms with Gasteiger partial charge in [-0.1, -0.05) is 29.8 Å². The van der Waals surface area contributed by atoms with Gasteiger partial charge in [0.05, 0.1) is 28.0 Å². The fourth-order valence-corrected chi connectivity index (χ4v) is 5.39. The van der Waals surface area contributed by atoms with Crippen LogP contribution in [0, 0.1) is 6.92 Å². The summed E-state index contributed by atoms with van der Waals surface area (Å²) in [5, 5.41) is 11.4. The largest absolute Gasteiger partial charge is 0.351 e. The van der Waals surface area contributed by atoms with Gasteiger partial charge in [-0.25, -0.2) is 4.98 Å². The highest BCUT2D eigenvalue weighted by molar-refractivity contribution is 8.24. The van der Waals surface area contributed by atoms with Gasteiger partial charge in [0.1, 0.15) is 11.6 Å². The van der Waals surface area contributed by atoms with E-state index >= 15 is 0 Å².